The molecule has 4 heterocycles. The van der Waals surface area contributed by atoms with Crippen molar-refractivity contribution in [3.05, 3.63) is 46.0 Å². The Morgan fingerprint density at radius 3 is 2.83 bits per heavy atom. The summed E-state index contributed by atoms with van der Waals surface area (Å²) in [6, 6.07) is 4.42. The van der Waals surface area contributed by atoms with Crippen LogP contribution in [0.15, 0.2) is 27.5 Å². The first kappa shape index (κ1) is 18.1. The molecular formula is C20H23N5O4. The second-order valence-electron chi connectivity index (χ2n) is 8.26. The maximum Gasteiger partial charge on any atom is 0.251 e. The number of nitrogens with zero attached hydrogens (tertiary/aromatic N) is 4. The van der Waals surface area contributed by atoms with E-state index < -0.39 is 6.04 Å². The van der Waals surface area contributed by atoms with Crippen LogP contribution in [0.3, 0.4) is 0 Å². The minimum atomic E-state index is -0.660. The molecule has 9 heteroatoms. The van der Waals surface area contributed by atoms with Crippen LogP contribution in [-0.2, 0) is 16.1 Å². The van der Waals surface area contributed by atoms with Gasteiger partial charge in [-0.15, -0.1) is 0 Å². The van der Waals surface area contributed by atoms with Gasteiger partial charge >= 0.3 is 0 Å². The largest absolute Gasteiger partial charge is 0.347 e. The number of amides is 2. The Morgan fingerprint density at radius 2 is 2.07 bits per heavy atom. The van der Waals surface area contributed by atoms with Gasteiger partial charge in [0.25, 0.3) is 5.56 Å². The number of fused-ring (bicyclic) bond motifs is 4. The monoisotopic (exact) mass is 397 g/mol. The highest BCUT2D eigenvalue weighted by molar-refractivity contribution is 5.81. The highest BCUT2D eigenvalue weighted by atomic mass is 16.5. The number of likely N-dealkylation sites (tertiary alicyclic amines) is 1. The van der Waals surface area contributed by atoms with E-state index in [0.29, 0.717) is 30.7 Å². The molecule has 1 aliphatic carbocycles. The molecule has 0 radical (unpaired) electrons. The smallest absolute Gasteiger partial charge is 0.251 e. The second-order valence-corrected chi connectivity index (χ2v) is 8.26. The van der Waals surface area contributed by atoms with Gasteiger partial charge in [0.1, 0.15) is 6.04 Å². The Balaban J connectivity index is 1.40. The predicted molar refractivity (Wildman–Crippen MR) is 101 cm³/mol. The van der Waals surface area contributed by atoms with Crippen LogP contribution in [0.2, 0.25) is 0 Å². The highest BCUT2D eigenvalue weighted by Crippen LogP contribution is 2.41. The van der Waals surface area contributed by atoms with Crippen molar-refractivity contribution in [2.75, 3.05) is 13.1 Å². The lowest BCUT2D eigenvalue weighted by atomic mass is 9.78. The van der Waals surface area contributed by atoms with E-state index in [1.807, 2.05) is 6.07 Å². The Labute approximate surface area is 167 Å². The predicted octanol–water partition coefficient (Wildman–Crippen LogP) is 0.932. The first-order valence-corrected chi connectivity index (χ1v) is 10.1. The molecule has 2 aromatic heterocycles. The lowest BCUT2D eigenvalue weighted by Crippen LogP contribution is -2.54. The maximum atomic E-state index is 13.2. The van der Waals surface area contributed by atoms with Crippen LogP contribution in [0.1, 0.15) is 61.5 Å². The van der Waals surface area contributed by atoms with Crippen molar-refractivity contribution in [2.45, 2.75) is 50.6 Å². The van der Waals surface area contributed by atoms with Crippen LogP contribution < -0.4 is 10.9 Å². The molecule has 5 rings (SSSR count). The fraction of sp³-hybridized carbons (Fsp3) is 0.550. The summed E-state index contributed by atoms with van der Waals surface area (Å²) in [4.78, 5) is 43.9. The number of carbonyl (C=O) groups excluding carboxylic acids is 2. The van der Waals surface area contributed by atoms with E-state index in [-0.39, 0.29) is 35.8 Å². The summed E-state index contributed by atoms with van der Waals surface area (Å²) in [6.07, 6.45) is 2.90. The average Bonchev–Trinajstić information content (AvgIpc) is 3.45. The van der Waals surface area contributed by atoms with E-state index in [9.17, 15) is 14.4 Å². The van der Waals surface area contributed by atoms with Gasteiger partial charge in [-0.25, -0.2) is 0 Å². The zero-order valence-electron chi connectivity index (χ0n) is 16.2. The first-order chi connectivity index (χ1) is 14.0. The first-order valence-electron chi connectivity index (χ1n) is 10.1. The van der Waals surface area contributed by atoms with E-state index in [1.165, 1.54) is 6.07 Å². The fourth-order valence-electron chi connectivity index (χ4n) is 4.63. The fourth-order valence-corrected chi connectivity index (χ4v) is 4.63. The number of hydrogen-bond donors (Lipinski definition) is 1. The molecule has 2 amide bonds. The molecule has 3 aliphatic rings. The van der Waals surface area contributed by atoms with Gasteiger partial charge in [0, 0.05) is 49.5 Å². The summed E-state index contributed by atoms with van der Waals surface area (Å²) < 4.78 is 6.84. The Morgan fingerprint density at radius 1 is 1.24 bits per heavy atom. The Hall–Kier alpha value is -2.97. The highest BCUT2D eigenvalue weighted by Gasteiger charge is 2.44. The number of carbonyl (C=O) groups is 2. The van der Waals surface area contributed by atoms with Gasteiger partial charge in [-0.1, -0.05) is 11.2 Å². The lowest BCUT2D eigenvalue weighted by Gasteiger charge is -2.46. The standard InChI is InChI=1S/C20H23N5O4/c1-11(26)24-9-13-7-14(10-24)18(25-15(13)3-2-4-17(25)27)19(28)21-8-16-22-20(29-23-16)12-5-6-12/h2-4,12-14,18H,5-10H2,1H3,(H,21,28)/t13-,14+,18-/m1/s1. The van der Waals surface area contributed by atoms with Crippen LogP contribution in [0.25, 0.3) is 0 Å². The third kappa shape index (κ3) is 3.24. The molecule has 2 bridgehead atoms. The summed E-state index contributed by atoms with van der Waals surface area (Å²) in [7, 11) is 0. The molecule has 1 N–H and O–H groups in total. The SMILES string of the molecule is CC(=O)N1C[C@H]2C[C@@H](C1)[C@H](C(=O)NCc1noc(C3CC3)n1)n1c2cccc1=O. The van der Waals surface area contributed by atoms with E-state index in [2.05, 4.69) is 15.5 Å². The molecule has 29 heavy (non-hydrogen) atoms. The minimum Gasteiger partial charge on any atom is -0.347 e. The molecule has 1 saturated carbocycles. The van der Waals surface area contributed by atoms with Gasteiger partial charge in [-0.2, -0.15) is 4.98 Å². The number of nitrogens with one attached hydrogen (secondary N) is 1. The molecule has 0 aromatic carbocycles. The third-order valence-electron chi connectivity index (χ3n) is 6.19. The molecular weight excluding hydrogens is 374 g/mol. The van der Waals surface area contributed by atoms with Gasteiger partial charge in [0.2, 0.25) is 17.7 Å². The zero-order valence-corrected chi connectivity index (χ0v) is 16.2. The van der Waals surface area contributed by atoms with E-state index >= 15 is 0 Å². The van der Waals surface area contributed by atoms with Gasteiger partial charge in [0.05, 0.1) is 6.54 Å². The molecule has 9 nitrogen and oxygen atoms in total. The molecule has 0 unspecified atom stereocenters. The van der Waals surface area contributed by atoms with Crippen molar-refractivity contribution < 1.29 is 14.1 Å². The van der Waals surface area contributed by atoms with Crippen molar-refractivity contribution in [3.63, 3.8) is 0 Å². The molecule has 0 spiro atoms. The molecule has 2 aliphatic heterocycles. The Bertz CT molecular complexity index is 1020. The van der Waals surface area contributed by atoms with Crippen molar-refractivity contribution in [2.24, 2.45) is 5.92 Å². The van der Waals surface area contributed by atoms with Crippen molar-refractivity contribution in [3.8, 4) is 0 Å². The average molecular weight is 397 g/mol. The second kappa shape index (κ2) is 6.82. The molecule has 3 atom stereocenters. The van der Waals surface area contributed by atoms with Crippen molar-refractivity contribution in [1.82, 2.24) is 24.9 Å². The normalized spacial score (nSPS) is 25.4. The van der Waals surface area contributed by atoms with Crippen LogP contribution in [0.4, 0.5) is 0 Å². The number of pyridine rings is 1. The lowest BCUT2D eigenvalue weighted by molar-refractivity contribution is -0.135. The quantitative estimate of drug-likeness (QED) is 0.822. The summed E-state index contributed by atoms with van der Waals surface area (Å²) >= 11 is 0. The van der Waals surface area contributed by atoms with E-state index in [0.717, 1.165) is 25.0 Å². The van der Waals surface area contributed by atoms with Crippen molar-refractivity contribution in [1.29, 1.82) is 0 Å². The summed E-state index contributed by atoms with van der Waals surface area (Å²) in [5.74, 6) is 1.10. The minimum absolute atomic E-state index is 0.00927. The third-order valence-corrected chi connectivity index (χ3v) is 6.19. The topological polar surface area (TPSA) is 110 Å². The van der Waals surface area contributed by atoms with Crippen LogP contribution >= 0.6 is 0 Å². The number of rotatable bonds is 4. The number of piperidine rings is 1. The van der Waals surface area contributed by atoms with Gasteiger partial charge in [-0.3, -0.25) is 19.0 Å². The summed E-state index contributed by atoms with van der Waals surface area (Å²) in [6.45, 7) is 2.74. The van der Waals surface area contributed by atoms with Crippen molar-refractivity contribution >= 4 is 11.8 Å². The number of hydrogen-bond acceptors (Lipinski definition) is 6. The van der Waals surface area contributed by atoms with Gasteiger partial charge < -0.3 is 14.7 Å². The zero-order chi connectivity index (χ0) is 20.1. The van der Waals surface area contributed by atoms with Gasteiger partial charge in [-0.05, 0) is 25.3 Å². The maximum absolute atomic E-state index is 13.2. The van der Waals surface area contributed by atoms with Gasteiger partial charge in [0.15, 0.2) is 5.82 Å². The van der Waals surface area contributed by atoms with Crippen LogP contribution in [-0.4, -0.2) is 44.5 Å². The molecule has 2 aromatic rings. The molecule has 1 saturated heterocycles. The van der Waals surface area contributed by atoms with E-state index in [4.69, 9.17) is 4.52 Å². The van der Waals surface area contributed by atoms with Crippen LogP contribution in [0, 0.1) is 5.92 Å². The van der Waals surface area contributed by atoms with Crippen LogP contribution in [0.5, 0.6) is 0 Å². The molecule has 2 fully saturated rings. The molecule has 152 valence electrons. The summed E-state index contributed by atoms with van der Waals surface area (Å²) in [5, 5.41) is 6.80. The van der Waals surface area contributed by atoms with E-state index in [1.54, 1.807) is 22.5 Å². The Kier molecular flexibility index (Phi) is 4.25. The number of aromatic nitrogens is 3. The summed E-state index contributed by atoms with van der Waals surface area (Å²) in [5.41, 5.74) is 0.625.